The number of hydrogen-bond donors (Lipinski definition) is 2. The number of carbonyl (C=O) groups excluding carboxylic acids is 2. The number of likely N-dealkylation sites (N-methyl/N-ethyl adjacent to an activating group) is 2. The van der Waals surface area contributed by atoms with Crippen LogP contribution >= 0.6 is 23.2 Å². The summed E-state index contributed by atoms with van der Waals surface area (Å²) in [5.74, 6) is 2.94. The van der Waals surface area contributed by atoms with Gasteiger partial charge in [0.05, 0.1) is 10.8 Å². The summed E-state index contributed by atoms with van der Waals surface area (Å²) in [7, 11) is 4.17. The lowest BCUT2D eigenvalue weighted by molar-refractivity contribution is -0.132. The van der Waals surface area contributed by atoms with Crippen LogP contribution in [0.1, 0.15) is 99.3 Å². The summed E-state index contributed by atoms with van der Waals surface area (Å²) in [4.78, 5) is 39.6. The van der Waals surface area contributed by atoms with E-state index in [4.69, 9.17) is 32.7 Å². The largest absolute Gasteiger partial charge is 0.476 e. The van der Waals surface area contributed by atoms with Crippen molar-refractivity contribution in [1.29, 1.82) is 0 Å². The quantitative estimate of drug-likeness (QED) is 0.130. The molecule has 2 aromatic heterocycles. The van der Waals surface area contributed by atoms with Crippen LogP contribution in [0, 0.1) is 10.8 Å². The number of benzene rings is 2. The Labute approximate surface area is 365 Å². The number of likely N-dealkylation sites (tertiary alicyclic amines) is 2. The number of hydrogen-bond acceptors (Lipinski definition) is 8. The number of amides is 2. The van der Waals surface area contributed by atoms with Gasteiger partial charge in [-0.15, -0.1) is 0 Å². The minimum atomic E-state index is -0.663. The molecule has 10 nitrogen and oxygen atoms in total. The molecule has 4 aliphatic rings. The first kappa shape index (κ1) is 43.9. The molecule has 60 heavy (non-hydrogen) atoms. The van der Waals surface area contributed by atoms with Crippen molar-refractivity contribution in [2.75, 3.05) is 53.5 Å². The number of ether oxygens (including phenoxy) is 2. The Balaban J connectivity index is 0.000000181. The van der Waals surface area contributed by atoms with Gasteiger partial charge < -0.3 is 29.9 Å². The predicted octanol–water partition coefficient (Wildman–Crippen LogP) is 8.46. The van der Waals surface area contributed by atoms with Crippen LogP contribution in [-0.2, 0) is 9.59 Å². The van der Waals surface area contributed by atoms with Crippen molar-refractivity contribution in [3.63, 3.8) is 0 Å². The molecule has 12 heteroatoms. The number of aromatic nitrogens is 2. The smallest absolute Gasteiger partial charge is 0.229 e. The lowest BCUT2D eigenvalue weighted by atomic mass is 9.90. The third-order valence-corrected chi connectivity index (χ3v) is 12.7. The normalized spacial score (nSPS) is 22.1. The minimum Gasteiger partial charge on any atom is -0.476 e. The van der Waals surface area contributed by atoms with Crippen molar-refractivity contribution >= 4 is 35.0 Å². The first-order valence-electron chi connectivity index (χ1n) is 21.3. The summed E-state index contributed by atoms with van der Waals surface area (Å²) in [6, 6.07) is 24.0. The average Bonchev–Trinajstić information content (AvgIpc) is 4.17. The minimum absolute atomic E-state index is 0.00525. The van der Waals surface area contributed by atoms with Crippen molar-refractivity contribution in [3.05, 3.63) is 117 Å². The van der Waals surface area contributed by atoms with Gasteiger partial charge in [-0.1, -0.05) is 59.6 Å². The van der Waals surface area contributed by atoms with Gasteiger partial charge in [0, 0.05) is 83.7 Å². The highest BCUT2D eigenvalue weighted by Gasteiger charge is 2.39. The third-order valence-electron chi connectivity index (χ3n) is 12.2. The summed E-state index contributed by atoms with van der Waals surface area (Å²) in [5, 5.41) is 8.02. The Bertz CT molecular complexity index is 1940. The molecule has 4 aromatic rings. The van der Waals surface area contributed by atoms with Crippen molar-refractivity contribution in [3.8, 4) is 11.8 Å². The summed E-state index contributed by atoms with van der Waals surface area (Å²) in [6.07, 6.45) is 8.25. The average molecular weight is 856 g/mol. The van der Waals surface area contributed by atoms with Crippen molar-refractivity contribution in [1.82, 2.24) is 30.4 Å². The summed E-state index contributed by atoms with van der Waals surface area (Å²) < 4.78 is 12.1. The van der Waals surface area contributed by atoms with E-state index >= 15 is 0 Å². The molecule has 2 saturated carbocycles. The molecule has 2 aromatic carbocycles. The zero-order valence-corrected chi connectivity index (χ0v) is 37.3. The molecule has 2 aliphatic heterocycles. The molecule has 4 heterocycles. The maximum absolute atomic E-state index is 13.2. The molecule has 2 N–H and O–H groups in total. The van der Waals surface area contributed by atoms with Crippen LogP contribution in [0.2, 0.25) is 10.0 Å². The molecular formula is C48H60Cl2N6O4. The molecule has 0 unspecified atom stereocenters. The second-order valence-corrected chi connectivity index (χ2v) is 19.5. The third kappa shape index (κ3) is 11.2. The summed E-state index contributed by atoms with van der Waals surface area (Å²) in [6.45, 7) is 11.8. The van der Waals surface area contributed by atoms with E-state index in [1.54, 1.807) is 12.4 Å². The fourth-order valence-electron chi connectivity index (χ4n) is 8.20. The Hall–Kier alpha value is -4.22. The topological polar surface area (TPSA) is 109 Å². The highest BCUT2D eigenvalue weighted by molar-refractivity contribution is 6.30. The first-order chi connectivity index (χ1) is 28.7. The van der Waals surface area contributed by atoms with Crippen LogP contribution in [-0.4, -0.2) is 97.2 Å². The van der Waals surface area contributed by atoms with E-state index in [9.17, 15) is 9.59 Å². The maximum atomic E-state index is 13.2. The van der Waals surface area contributed by atoms with Gasteiger partial charge in [-0.3, -0.25) is 9.59 Å². The highest BCUT2D eigenvalue weighted by Crippen LogP contribution is 2.44. The Morgan fingerprint density at radius 3 is 1.33 bits per heavy atom. The fraction of sp³-hybridized carbons (Fsp3) is 0.500. The van der Waals surface area contributed by atoms with Gasteiger partial charge in [0.25, 0.3) is 0 Å². The van der Waals surface area contributed by atoms with Crippen molar-refractivity contribution in [2.45, 2.75) is 89.1 Å². The molecule has 320 valence electrons. The Morgan fingerprint density at radius 2 is 0.983 bits per heavy atom. The van der Waals surface area contributed by atoms with E-state index in [-0.39, 0.29) is 35.7 Å². The van der Waals surface area contributed by atoms with E-state index in [0.29, 0.717) is 36.8 Å². The van der Waals surface area contributed by atoms with E-state index in [1.165, 1.54) is 36.8 Å². The number of halogens is 2. The number of nitrogens with zero attached hydrogens (tertiary/aromatic N) is 4. The van der Waals surface area contributed by atoms with Crippen LogP contribution in [0.15, 0.2) is 85.2 Å². The predicted molar refractivity (Wildman–Crippen MR) is 238 cm³/mol. The van der Waals surface area contributed by atoms with Gasteiger partial charge in [0.2, 0.25) is 23.6 Å². The molecule has 0 bridgehead atoms. The Morgan fingerprint density at radius 1 is 0.617 bits per heavy atom. The highest BCUT2D eigenvalue weighted by atomic mass is 35.5. The SMILES string of the molecule is CN1C[C@@H](NC(=O)C(C)(C)COc2ncccc2C2CC2)[C@H](c2ccc(Cl)cc2)C1.CN1C[C@H](NC(=O)C(C)(C)COc2ncccc2C2CC2)[C@@H](c2ccc(Cl)cc2)C1. The number of rotatable bonds is 14. The van der Waals surface area contributed by atoms with Crippen molar-refractivity contribution in [2.24, 2.45) is 10.8 Å². The molecule has 2 aliphatic carbocycles. The van der Waals surface area contributed by atoms with Crippen LogP contribution in [0.25, 0.3) is 0 Å². The summed E-state index contributed by atoms with van der Waals surface area (Å²) >= 11 is 12.1. The molecule has 8 rings (SSSR count). The van der Waals surface area contributed by atoms with E-state index < -0.39 is 10.8 Å². The van der Waals surface area contributed by atoms with E-state index in [2.05, 4.69) is 80.9 Å². The van der Waals surface area contributed by atoms with Crippen LogP contribution in [0.3, 0.4) is 0 Å². The van der Waals surface area contributed by atoms with Gasteiger partial charge in [-0.25, -0.2) is 9.97 Å². The maximum Gasteiger partial charge on any atom is 0.229 e. The molecule has 4 fully saturated rings. The van der Waals surface area contributed by atoms with E-state index in [0.717, 1.165) is 47.4 Å². The van der Waals surface area contributed by atoms with Gasteiger partial charge in [0.15, 0.2) is 0 Å². The Kier molecular flexibility index (Phi) is 13.7. The molecular weight excluding hydrogens is 795 g/mol. The molecule has 0 radical (unpaired) electrons. The summed E-state index contributed by atoms with van der Waals surface area (Å²) in [5.41, 5.74) is 3.40. The van der Waals surface area contributed by atoms with Crippen LogP contribution in [0.5, 0.6) is 11.8 Å². The number of carbonyl (C=O) groups is 2. The van der Waals surface area contributed by atoms with Crippen LogP contribution in [0.4, 0.5) is 0 Å². The van der Waals surface area contributed by atoms with Gasteiger partial charge in [-0.2, -0.15) is 0 Å². The lowest BCUT2D eigenvalue weighted by Gasteiger charge is -2.28. The lowest BCUT2D eigenvalue weighted by Crippen LogP contribution is -2.48. The second-order valence-electron chi connectivity index (χ2n) is 18.6. The first-order valence-corrected chi connectivity index (χ1v) is 22.1. The second kappa shape index (κ2) is 18.8. The number of pyridine rings is 2. The monoisotopic (exact) mass is 854 g/mol. The standard InChI is InChI=1S/2C24H30ClN3O2/c2*1-24(2,15-30-22-19(16-6-7-16)5-4-12-26-22)23(29)27-21-14-28(3)13-20(21)17-8-10-18(25)11-9-17/h2*4-5,8-12,16,20-21H,6-7,13-15H2,1-3H3,(H,27,29)/t2*20-,21+/m10/s1. The van der Waals surface area contributed by atoms with Gasteiger partial charge >= 0.3 is 0 Å². The molecule has 0 spiro atoms. The zero-order valence-electron chi connectivity index (χ0n) is 35.8. The van der Waals surface area contributed by atoms with Crippen LogP contribution < -0.4 is 20.1 Å². The van der Waals surface area contributed by atoms with Gasteiger partial charge in [0.1, 0.15) is 13.2 Å². The molecule has 4 atom stereocenters. The zero-order chi connectivity index (χ0) is 42.6. The molecule has 2 saturated heterocycles. The molecule has 2 amide bonds. The fourth-order valence-corrected chi connectivity index (χ4v) is 8.45. The number of nitrogens with one attached hydrogen (secondary N) is 2. The van der Waals surface area contributed by atoms with Gasteiger partial charge in [-0.05, 0) is 127 Å². The van der Waals surface area contributed by atoms with Crippen molar-refractivity contribution < 1.29 is 19.1 Å². The van der Waals surface area contributed by atoms with E-state index in [1.807, 2.05) is 64.1 Å².